The number of thioether (sulfide) groups is 1. The zero-order chi connectivity index (χ0) is 10.9. The number of carboxylic acids is 1. The van der Waals surface area contributed by atoms with Crippen molar-refractivity contribution in [3.8, 4) is 0 Å². The first-order valence-electron chi connectivity index (χ1n) is 3.09. The van der Waals surface area contributed by atoms with Crippen LogP contribution in [0.15, 0.2) is 0 Å². The third kappa shape index (κ3) is 35.7. The minimum absolute atomic E-state index is 0.000000000000000222. The molecule has 0 aliphatic heterocycles. The van der Waals surface area contributed by atoms with E-state index in [1.165, 1.54) is 0 Å². The molecule has 13 heavy (non-hydrogen) atoms. The molecule has 0 aliphatic rings. The second-order valence-electron chi connectivity index (χ2n) is 1.76. The van der Waals surface area contributed by atoms with Crippen molar-refractivity contribution in [1.82, 2.24) is 0 Å². The molecular formula is C5H12N4O2S2. The number of aliphatic carboxylic acids is 1. The number of nitrogens with one attached hydrogen (secondary N) is 1. The largest absolute Gasteiger partial charge is 0.481 e. The highest BCUT2D eigenvalue weighted by Gasteiger charge is 1.96. The number of hydrogen-bond donors (Lipinski definition) is 5. The molecule has 0 rings (SSSR count). The lowest BCUT2D eigenvalue weighted by atomic mass is 10.5. The van der Waals surface area contributed by atoms with E-state index in [0.717, 1.165) is 11.8 Å². The molecule has 76 valence electrons. The van der Waals surface area contributed by atoms with E-state index in [1.807, 2.05) is 0 Å². The lowest BCUT2D eigenvalue weighted by molar-refractivity contribution is -0.136. The first-order valence-corrected chi connectivity index (χ1v) is 4.49. The Hall–Kier alpha value is -1.02. The Kier molecular flexibility index (Phi) is 10.1. The van der Waals surface area contributed by atoms with Crippen molar-refractivity contribution in [2.75, 3.05) is 5.75 Å². The highest BCUT2D eigenvalue weighted by molar-refractivity contribution is 8.13. The van der Waals surface area contributed by atoms with Gasteiger partial charge < -0.3 is 22.3 Å². The van der Waals surface area contributed by atoms with E-state index in [9.17, 15) is 4.79 Å². The van der Waals surface area contributed by atoms with Gasteiger partial charge in [-0.25, -0.2) is 0 Å². The van der Waals surface area contributed by atoms with E-state index in [4.69, 9.17) is 16.2 Å². The van der Waals surface area contributed by atoms with Crippen LogP contribution in [0.5, 0.6) is 0 Å². The van der Waals surface area contributed by atoms with Gasteiger partial charge in [0.25, 0.3) is 0 Å². The highest BCUT2D eigenvalue weighted by atomic mass is 32.2. The molecule has 0 spiro atoms. The first kappa shape index (κ1) is 14.5. The Morgan fingerprint density at radius 2 is 1.85 bits per heavy atom. The minimum Gasteiger partial charge on any atom is -0.481 e. The van der Waals surface area contributed by atoms with Crippen molar-refractivity contribution in [3.63, 3.8) is 0 Å². The van der Waals surface area contributed by atoms with Gasteiger partial charge in [0.2, 0.25) is 0 Å². The molecule has 0 fully saturated rings. The van der Waals surface area contributed by atoms with Gasteiger partial charge in [0, 0.05) is 5.75 Å². The maximum atomic E-state index is 9.86. The van der Waals surface area contributed by atoms with Gasteiger partial charge in [-0.15, -0.1) is 0 Å². The van der Waals surface area contributed by atoms with Crippen LogP contribution in [-0.2, 0) is 4.79 Å². The SMILES string of the molecule is N=C(N)SCCC(=O)O.NC(N)=S. The fraction of sp³-hybridized carbons (Fsp3) is 0.400. The van der Waals surface area contributed by atoms with Crippen LogP contribution in [0.1, 0.15) is 6.42 Å². The average Bonchev–Trinajstić information content (AvgIpc) is 1.83. The van der Waals surface area contributed by atoms with Crippen LogP contribution in [0.2, 0.25) is 0 Å². The van der Waals surface area contributed by atoms with Crippen molar-refractivity contribution in [2.24, 2.45) is 17.2 Å². The van der Waals surface area contributed by atoms with E-state index in [1.54, 1.807) is 0 Å². The zero-order valence-electron chi connectivity index (χ0n) is 6.82. The lowest BCUT2D eigenvalue weighted by Crippen LogP contribution is -2.18. The van der Waals surface area contributed by atoms with Gasteiger partial charge in [-0.2, -0.15) is 0 Å². The predicted octanol–water partition coefficient (Wildman–Crippen LogP) is -0.724. The summed E-state index contributed by atoms with van der Waals surface area (Å²) in [5.74, 6) is -0.478. The molecule has 0 aromatic heterocycles. The van der Waals surface area contributed by atoms with E-state index < -0.39 is 5.97 Å². The molecular weight excluding hydrogens is 212 g/mol. The molecule has 0 atom stereocenters. The number of carbonyl (C=O) groups is 1. The van der Waals surface area contributed by atoms with Crippen molar-refractivity contribution in [2.45, 2.75) is 6.42 Å². The smallest absolute Gasteiger partial charge is 0.304 e. The van der Waals surface area contributed by atoms with Gasteiger partial charge in [0.15, 0.2) is 10.3 Å². The normalized spacial score (nSPS) is 8.00. The highest BCUT2D eigenvalue weighted by Crippen LogP contribution is 1.99. The van der Waals surface area contributed by atoms with Crippen LogP contribution >= 0.6 is 24.0 Å². The van der Waals surface area contributed by atoms with Crippen molar-refractivity contribution >= 4 is 40.2 Å². The van der Waals surface area contributed by atoms with E-state index in [2.05, 4.69) is 23.7 Å². The number of carboxylic acid groups (broad SMARTS) is 1. The summed E-state index contributed by atoms with van der Waals surface area (Å²) < 4.78 is 0. The summed E-state index contributed by atoms with van der Waals surface area (Å²) in [6.07, 6.45) is 0.0598. The number of rotatable bonds is 3. The molecule has 0 bridgehead atoms. The predicted molar refractivity (Wildman–Crippen MR) is 57.6 cm³/mol. The number of hydrogen-bond acceptors (Lipinski definition) is 4. The molecule has 8 N–H and O–H groups in total. The van der Waals surface area contributed by atoms with Gasteiger partial charge in [0.1, 0.15) is 0 Å². The summed E-state index contributed by atoms with van der Waals surface area (Å²) in [6.45, 7) is 0. The second-order valence-corrected chi connectivity index (χ2v) is 3.37. The molecule has 0 heterocycles. The van der Waals surface area contributed by atoms with Crippen molar-refractivity contribution < 1.29 is 9.90 Å². The third-order valence-corrected chi connectivity index (χ3v) is 1.29. The number of thiocarbonyl (C=S) groups is 1. The molecule has 0 amide bonds. The Morgan fingerprint density at radius 1 is 1.46 bits per heavy atom. The zero-order valence-corrected chi connectivity index (χ0v) is 8.45. The Morgan fingerprint density at radius 3 is 2.08 bits per heavy atom. The summed E-state index contributed by atoms with van der Waals surface area (Å²) in [4.78, 5) is 9.86. The van der Waals surface area contributed by atoms with Gasteiger partial charge in [-0.3, -0.25) is 10.2 Å². The summed E-state index contributed by atoms with van der Waals surface area (Å²) in [5, 5.41) is 14.8. The van der Waals surface area contributed by atoms with Crippen LogP contribution in [0.25, 0.3) is 0 Å². The van der Waals surface area contributed by atoms with Gasteiger partial charge in [0.05, 0.1) is 6.42 Å². The minimum atomic E-state index is -0.858. The van der Waals surface area contributed by atoms with Crippen molar-refractivity contribution in [3.05, 3.63) is 0 Å². The summed E-state index contributed by atoms with van der Waals surface area (Å²) in [5.41, 5.74) is 14.2. The average molecular weight is 224 g/mol. The molecule has 0 aromatic carbocycles. The molecule has 0 aromatic rings. The van der Waals surface area contributed by atoms with Crippen molar-refractivity contribution in [1.29, 1.82) is 5.41 Å². The Balaban J connectivity index is 0. The van der Waals surface area contributed by atoms with E-state index >= 15 is 0 Å². The molecule has 0 radical (unpaired) electrons. The standard InChI is InChI=1S/C4H8N2O2S.CH4N2S/c5-4(6)9-2-1-3(7)8;2-1(3)4/h1-2H2,(H3,5,6)(H,7,8);(H4,2,3,4). The second kappa shape index (κ2) is 9.07. The van der Waals surface area contributed by atoms with Gasteiger partial charge in [-0.05, 0) is 12.2 Å². The van der Waals surface area contributed by atoms with Crippen LogP contribution in [0, 0.1) is 5.41 Å². The fourth-order valence-corrected chi connectivity index (χ4v) is 0.745. The first-order chi connectivity index (χ1) is 5.86. The fourth-order valence-electron chi connectivity index (χ4n) is 0.248. The molecule has 0 saturated heterocycles. The monoisotopic (exact) mass is 224 g/mol. The number of amidine groups is 1. The quantitative estimate of drug-likeness (QED) is 0.242. The Bertz CT molecular complexity index is 179. The van der Waals surface area contributed by atoms with Gasteiger partial charge in [-0.1, -0.05) is 11.8 Å². The maximum Gasteiger partial charge on any atom is 0.304 e. The maximum absolute atomic E-state index is 9.86. The Labute approximate surface area is 85.3 Å². The molecule has 0 saturated carbocycles. The number of nitrogens with two attached hydrogens (primary N) is 3. The molecule has 8 heteroatoms. The van der Waals surface area contributed by atoms with Crippen LogP contribution in [0.3, 0.4) is 0 Å². The summed E-state index contributed by atoms with van der Waals surface area (Å²) >= 11 is 5.13. The van der Waals surface area contributed by atoms with E-state index in [-0.39, 0.29) is 16.7 Å². The lowest BCUT2D eigenvalue weighted by Gasteiger charge is -1.92. The van der Waals surface area contributed by atoms with Gasteiger partial charge >= 0.3 is 5.97 Å². The van der Waals surface area contributed by atoms with Crippen LogP contribution < -0.4 is 17.2 Å². The molecule has 6 nitrogen and oxygen atoms in total. The summed E-state index contributed by atoms with van der Waals surface area (Å²) in [6, 6.07) is 0. The van der Waals surface area contributed by atoms with E-state index in [0.29, 0.717) is 5.75 Å². The topological polar surface area (TPSA) is 139 Å². The van der Waals surface area contributed by atoms with Crippen LogP contribution in [-0.4, -0.2) is 27.1 Å². The molecule has 0 aliphatic carbocycles. The molecule has 0 unspecified atom stereocenters. The third-order valence-electron chi connectivity index (χ3n) is 0.573. The summed E-state index contributed by atoms with van der Waals surface area (Å²) in [7, 11) is 0. The van der Waals surface area contributed by atoms with Crippen LogP contribution in [0.4, 0.5) is 0 Å².